The van der Waals surface area contributed by atoms with Gasteiger partial charge in [0.1, 0.15) is 0 Å². The summed E-state index contributed by atoms with van der Waals surface area (Å²) in [6.07, 6.45) is 8.03. The van der Waals surface area contributed by atoms with Gasteiger partial charge in [0.2, 0.25) is 0 Å². The first kappa shape index (κ1) is 17.5. The lowest BCUT2D eigenvalue weighted by atomic mass is 9.96. The second kappa shape index (κ2) is 8.62. The van der Waals surface area contributed by atoms with Gasteiger partial charge in [-0.2, -0.15) is 10.1 Å². The zero-order chi connectivity index (χ0) is 18.3. The lowest BCUT2D eigenvalue weighted by molar-refractivity contribution is 0.461. The summed E-state index contributed by atoms with van der Waals surface area (Å²) < 4.78 is 0. The van der Waals surface area contributed by atoms with Crippen LogP contribution in [0.1, 0.15) is 37.7 Å². The standard InChI is InChI=1S/C22H25N5/c1-4-10-18(11-5-1)17-27(20-14-8-3-9-15-20)22-25-21(16-23-26-22)24-19-12-6-2-7-13-19/h1,3-5,8-11,14-16,19H,2,6-7,12-13,17H2,(H,24,25,26). The molecular formula is C22H25N5. The highest BCUT2D eigenvalue weighted by Gasteiger charge is 2.17. The molecule has 0 aliphatic heterocycles. The van der Waals surface area contributed by atoms with Crippen molar-refractivity contribution in [1.29, 1.82) is 0 Å². The van der Waals surface area contributed by atoms with Gasteiger partial charge >= 0.3 is 0 Å². The number of aromatic nitrogens is 3. The van der Waals surface area contributed by atoms with Gasteiger partial charge in [-0.1, -0.05) is 67.8 Å². The molecular weight excluding hydrogens is 334 g/mol. The van der Waals surface area contributed by atoms with Crippen LogP contribution in [0.15, 0.2) is 66.9 Å². The maximum atomic E-state index is 4.78. The van der Waals surface area contributed by atoms with E-state index in [0.29, 0.717) is 18.5 Å². The first-order valence-electron chi connectivity index (χ1n) is 9.71. The zero-order valence-electron chi connectivity index (χ0n) is 15.5. The fourth-order valence-corrected chi connectivity index (χ4v) is 3.59. The predicted octanol–water partition coefficient (Wildman–Crippen LogP) is 4.95. The molecule has 0 radical (unpaired) electrons. The van der Waals surface area contributed by atoms with E-state index < -0.39 is 0 Å². The largest absolute Gasteiger partial charge is 0.366 e. The first-order chi connectivity index (χ1) is 13.4. The van der Waals surface area contributed by atoms with Gasteiger partial charge in [-0.25, -0.2) is 0 Å². The van der Waals surface area contributed by atoms with Crippen LogP contribution in [-0.4, -0.2) is 21.2 Å². The molecule has 1 aliphatic rings. The molecule has 2 aromatic carbocycles. The summed E-state index contributed by atoms with van der Waals surface area (Å²) in [5.74, 6) is 1.42. The predicted molar refractivity (Wildman–Crippen MR) is 109 cm³/mol. The Morgan fingerprint density at radius 1 is 0.889 bits per heavy atom. The maximum Gasteiger partial charge on any atom is 0.252 e. The van der Waals surface area contributed by atoms with Crippen molar-refractivity contribution in [3.8, 4) is 0 Å². The van der Waals surface area contributed by atoms with Crippen molar-refractivity contribution in [2.24, 2.45) is 0 Å². The summed E-state index contributed by atoms with van der Waals surface area (Å²) >= 11 is 0. The number of anilines is 3. The minimum Gasteiger partial charge on any atom is -0.366 e. The molecule has 4 rings (SSSR count). The third-order valence-corrected chi connectivity index (χ3v) is 5.00. The second-order valence-corrected chi connectivity index (χ2v) is 7.03. The molecule has 1 heterocycles. The van der Waals surface area contributed by atoms with Crippen LogP contribution in [0.5, 0.6) is 0 Å². The lowest BCUT2D eigenvalue weighted by Crippen LogP contribution is -2.24. The van der Waals surface area contributed by atoms with Gasteiger partial charge in [-0.3, -0.25) is 0 Å². The minimum absolute atomic E-state index is 0.489. The Morgan fingerprint density at radius 2 is 1.59 bits per heavy atom. The normalized spacial score (nSPS) is 14.7. The van der Waals surface area contributed by atoms with Crippen LogP contribution in [0.25, 0.3) is 0 Å². The van der Waals surface area contributed by atoms with E-state index in [1.165, 1.54) is 37.7 Å². The van der Waals surface area contributed by atoms with Crippen molar-refractivity contribution in [3.05, 3.63) is 72.4 Å². The summed E-state index contributed by atoms with van der Waals surface area (Å²) in [5, 5.41) is 12.1. The molecule has 1 aliphatic carbocycles. The second-order valence-electron chi connectivity index (χ2n) is 7.03. The topological polar surface area (TPSA) is 53.9 Å². The van der Waals surface area contributed by atoms with Gasteiger partial charge in [0, 0.05) is 11.7 Å². The van der Waals surface area contributed by atoms with Crippen molar-refractivity contribution in [1.82, 2.24) is 15.2 Å². The Kier molecular flexibility index (Phi) is 5.58. The molecule has 0 spiro atoms. The Morgan fingerprint density at radius 3 is 2.33 bits per heavy atom. The van der Waals surface area contributed by atoms with Gasteiger partial charge in [-0.15, -0.1) is 5.10 Å². The van der Waals surface area contributed by atoms with E-state index in [2.05, 4.69) is 56.8 Å². The molecule has 27 heavy (non-hydrogen) atoms. The van der Waals surface area contributed by atoms with Crippen molar-refractivity contribution < 1.29 is 0 Å². The molecule has 1 aromatic heterocycles. The molecule has 5 heteroatoms. The number of nitrogens with zero attached hydrogens (tertiary/aromatic N) is 4. The highest BCUT2D eigenvalue weighted by molar-refractivity contribution is 5.58. The fraction of sp³-hybridized carbons (Fsp3) is 0.318. The van der Waals surface area contributed by atoms with Crippen LogP contribution in [0.2, 0.25) is 0 Å². The smallest absolute Gasteiger partial charge is 0.252 e. The molecule has 1 fully saturated rings. The van der Waals surface area contributed by atoms with E-state index in [1.54, 1.807) is 6.20 Å². The Bertz CT molecular complexity index is 832. The van der Waals surface area contributed by atoms with Crippen molar-refractivity contribution in [3.63, 3.8) is 0 Å². The lowest BCUT2D eigenvalue weighted by Gasteiger charge is -2.25. The van der Waals surface area contributed by atoms with Crippen LogP contribution in [0.3, 0.4) is 0 Å². The highest BCUT2D eigenvalue weighted by atomic mass is 15.3. The Labute approximate surface area is 160 Å². The van der Waals surface area contributed by atoms with Crippen LogP contribution in [-0.2, 0) is 6.54 Å². The number of nitrogens with one attached hydrogen (secondary N) is 1. The molecule has 5 nitrogen and oxygen atoms in total. The molecule has 0 saturated heterocycles. The molecule has 0 unspecified atom stereocenters. The average Bonchev–Trinajstić information content (AvgIpc) is 2.74. The van der Waals surface area contributed by atoms with Crippen LogP contribution < -0.4 is 10.2 Å². The first-order valence-corrected chi connectivity index (χ1v) is 9.71. The highest BCUT2D eigenvalue weighted by Crippen LogP contribution is 2.26. The summed E-state index contributed by atoms with van der Waals surface area (Å²) in [6, 6.07) is 21.1. The number of hydrogen-bond acceptors (Lipinski definition) is 5. The number of para-hydroxylation sites is 1. The van der Waals surface area contributed by atoms with Crippen molar-refractivity contribution in [2.45, 2.75) is 44.7 Å². The number of benzene rings is 2. The van der Waals surface area contributed by atoms with E-state index in [0.717, 1.165) is 11.5 Å². The maximum absolute atomic E-state index is 4.78. The van der Waals surface area contributed by atoms with Gasteiger partial charge in [0.25, 0.3) is 5.95 Å². The van der Waals surface area contributed by atoms with E-state index in [1.807, 2.05) is 24.3 Å². The van der Waals surface area contributed by atoms with E-state index in [-0.39, 0.29) is 0 Å². The summed E-state index contributed by atoms with van der Waals surface area (Å²) in [7, 11) is 0. The monoisotopic (exact) mass is 359 g/mol. The van der Waals surface area contributed by atoms with Gasteiger partial charge in [0.05, 0.1) is 12.7 Å². The van der Waals surface area contributed by atoms with Gasteiger partial charge in [0.15, 0.2) is 5.82 Å². The molecule has 138 valence electrons. The van der Waals surface area contributed by atoms with Crippen LogP contribution in [0, 0.1) is 0 Å². The van der Waals surface area contributed by atoms with E-state index >= 15 is 0 Å². The number of hydrogen-bond donors (Lipinski definition) is 1. The van der Waals surface area contributed by atoms with Crippen molar-refractivity contribution >= 4 is 17.5 Å². The molecule has 0 amide bonds. The quantitative estimate of drug-likeness (QED) is 0.674. The van der Waals surface area contributed by atoms with E-state index in [4.69, 9.17) is 4.98 Å². The van der Waals surface area contributed by atoms with E-state index in [9.17, 15) is 0 Å². The van der Waals surface area contributed by atoms with Gasteiger partial charge < -0.3 is 10.2 Å². The van der Waals surface area contributed by atoms with Crippen molar-refractivity contribution in [2.75, 3.05) is 10.2 Å². The average molecular weight is 359 g/mol. The Hall–Kier alpha value is -2.95. The SMILES string of the molecule is c1ccc(CN(c2ccccc2)c2nncc(NC3CCCCC3)n2)cc1. The third-order valence-electron chi connectivity index (χ3n) is 5.00. The third kappa shape index (κ3) is 4.61. The van der Waals surface area contributed by atoms with Crippen LogP contribution in [0.4, 0.5) is 17.5 Å². The molecule has 1 saturated carbocycles. The fourth-order valence-electron chi connectivity index (χ4n) is 3.59. The molecule has 3 aromatic rings. The molecule has 1 N–H and O–H groups in total. The van der Waals surface area contributed by atoms with Crippen LogP contribution >= 0.6 is 0 Å². The summed E-state index contributed by atoms with van der Waals surface area (Å²) in [5.41, 5.74) is 2.26. The summed E-state index contributed by atoms with van der Waals surface area (Å²) in [6.45, 7) is 0.694. The molecule has 0 bridgehead atoms. The number of rotatable bonds is 6. The van der Waals surface area contributed by atoms with Gasteiger partial charge in [-0.05, 0) is 30.5 Å². The zero-order valence-corrected chi connectivity index (χ0v) is 15.5. The minimum atomic E-state index is 0.489. The summed E-state index contributed by atoms with van der Waals surface area (Å²) in [4.78, 5) is 6.89. The molecule has 0 atom stereocenters. The Balaban J connectivity index is 1.60.